The predicted molar refractivity (Wildman–Crippen MR) is 180 cm³/mol. The summed E-state index contributed by atoms with van der Waals surface area (Å²) in [4.78, 5) is 13.8. The van der Waals surface area contributed by atoms with Gasteiger partial charge in [0.15, 0.2) is 0 Å². The van der Waals surface area contributed by atoms with Gasteiger partial charge in [0.25, 0.3) is 0 Å². The third-order valence-electron chi connectivity index (χ3n) is 8.95. The van der Waals surface area contributed by atoms with E-state index >= 15 is 0 Å². The van der Waals surface area contributed by atoms with Gasteiger partial charge in [-0.2, -0.15) is 5.10 Å². The number of aryl methyl sites for hydroxylation is 1. The van der Waals surface area contributed by atoms with E-state index in [1.165, 1.54) is 5.69 Å². The number of fused-ring (bicyclic) bond motifs is 3. The van der Waals surface area contributed by atoms with E-state index in [4.69, 9.17) is 24.0 Å². The van der Waals surface area contributed by atoms with Crippen LogP contribution in [-0.2, 0) is 40.3 Å². The molecule has 1 aliphatic carbocycles. The van der Waals surface area contributed by atoms with E-state index in [1.54, 1.807) is 7.11 Å². The summed E-state index contributed by atoms with van der Waals surface area (Å²) in [5, 5.41) is 8.41. The van der Waals surface area contributed by atoms with Crippen molar-refractivity contribution in [2.24, 2.45) is 0 Å². The Morgan fingerprint density at radius 2 is 1.83 bits per heavy atom. The van der Waals surface area contributed by atoms with E-state index in [2.05, 4.69) is 51.7 Å². The number of aromatic nitrogens is 3. The summed E-state index contributed by atoms with van der Waals surface area (Å²) in [6.45, 7) is 5.38. The Hall–Kier alpha value is -4.40. The van der Waals surface area contributed by atoms with Gasteiger partial charge in [-0.05, 0) is 49.6 Å². The molecule has 238 valence electrons. The minimum Gasteiger partial charge on any atom is -0.493 e. The topological polar surface area (TPSA) is 76.7 Å². The van der Waals surface area contributed by atoms with Gasteiger partial charge in [0.2, 0.25) is 0 Å². The molecule has 0 amide bonds. The first kappa shape index (κ1) is 30.3. The second kappa shape index (κ2) is 13.5. The van der Waals surface area contributed by atoms with Crippen molar-refractivity contribution >= 4 is 27.6 Å². The van der Waals surface area contributed by atoms with Gasteiger partial charge in [-0.1, -0.05) is 66.7 Å². The van der Waals surface area contributed by atoms with Gasteiger partial charge in [0.1, 0.15) is 11.4 Å². The first-order chi connectivity index (χ1) is 22.7. The van der Waals surface area contributed by atoms with Crippen LogP contribution < -0.4 is 4.74 Å². The van der Waals surface area contributed by atoms with Crippen LogP contribution in [-0.4, -0.2) is 53.9 Å². The molecular formula is C38H41N3O5. The number of benzene rings is 3. The molecule has 8 nitrogen and oxygen atoms in total. The lowest BCUT2D eigenvalue weighted by atomic mass is 9.96. The number of methoxy groups -OCH3 is 1. The summed E-state index contributed by atoms with van der Waals surface area (Å²) >= 11 is 0. The van der Waals surface area contributed by atoms with Crippen molar-refractivity contribution < 1.29 is 23.7 Å². The molecule has 2 aliphatic rings. The zero-order valence-electron chi connectivity index (χ0n) is 26.7. The van der Waals surface area contributed by atoms with Gasteiger partial charge >= 0.3 is 5.97 Å². The number of para-hydroxylation sites is 1. The van der Waals surface area contributed by atoms with Gasteiger partial charge < -0.3 is 23.5 Å². The van der Waals surface area contributed by atoms with Gasteiger partial charge in [0.05, 0.1) is 50.8 Å². The van der Waals surface area contributed by atoms with Crippen molar-refractivity contribution in [3.8, 4) is 16.9 Å². The van der Waals surface area contributed by atoms with E-state index in [0.717, 1.165) is 69.1 Å². The highest BCUT2D eigenvalue weighted by Gasteiger charge is 2.35. The molecule has 3 heterocycles. The van der Waals surface area contributed by atoms with Crippen LogP contribution in [0.15, 0.2) is 72.8 Å². The maximum absolute atomic E-state index is 13.8. The Labute approximate surface area is 269 Å². The molecule has 0 spiro atoms. The van der Waals surface area contributed by atoms with Crippen molar-refractivity contribution in [2.75, 3.05) is 33.5 Å². The summed E-state index contributed by atoms with van der Waals surface area (Å²) in [5.41, 5.74) is 7.03. The van der Waals surface area contributed by atoms with Crippen molar-refractivity contribution in [3.63, 3.8) is 0 Å². The molecule has 0 saturated heterocycles. The second-order valence-corrected chi connectivity index (χ2v) is 12.0. The van der Waals surface area contributed by atoms with Crippen LogP contribution in [0.1, 0.15) is 59.5 Å². The van der Waals surface area contributed by atoms with Crippen LogP contribution in [0.3, 0.4) is 0 Å². The number of esters is 1. The number of allylic oxidation sites excluding steroid dienone is 1. The molecule has 2 aromatic heterocycles. The Kier molecular flexibility index (Phi) is 8.90. The second-order valence-electron chi connectivity index (χ2n) is 12.0. The number of hydrogen-bond donors (Lipinski definition) is 0. The van der Waals surface area contributed by atoms with Gasteiger partial charge in [-0.15, -0.1) is 0 Å². The van der Waals surface area contributed by atoms with Crippen LogP contribution in [0, 0.1) is 0 Å². The van der Waals surface area contributed by atoms with Crippen LogP contribution in [0.25, 0.3) is 32.8 Å². The number of hydrogen-bond acceptors (Lipinski definition) is 6. The summed E-state index contributed by atoms with van der Waals surface area (Å²) in [6, 6.07) is 20.8. The monoisotopic (exact) mass is 619 g/mol. The largest absolute Gasteiger partial charge is 0.493 e. The smallest absolute Gasteiger partial charge is 0.355 e. The molecule has 5 aromatic rings. The molecule has 1 aliphatic heterocycles. The molecule has 0 bridgehead atoms. The van der Waals surface area contributed by atoms with Crippen LogP contribution in [0.5, 0.6) is 5.75 Å². The van der Waals surface area contributed by atoms with Crippen molar-refractivity contribution in [3.05, 3.63) is 95.5 Å². The molecule has 0 N–H and O–H groups in total. The molecule has 46 heavy (non-hydrogen) atoms. The van der Waals surface area contributed by atoms with Crippen molar-refractivity contribution in [1.82, 2.24) is 14.3 Å². The highest BCUT2D eigenvalue weighted by Crippen LogP contribution is 2.48. The van der Waals surface area contributed by atoms with Crippen molar-refractivity contribution in [1.29, 1.82) is 0 Å². The zero-order valence-corrected chi connectivity index (χ0v) is 26.7. The highest BCUT2D eigenvalue weighted by atomic mass is 16.5. The Morgan fingerprint density at radius 1 is 1.00 bits per heavy atom. The Morgan fingerprint density at radius 3 is 2.67 bits per heavy atom. The summed E-state index contributed by atoms with van der Waals surface area (Å²) in [6.07, 6.45) is 7.80. The quantitative estimate of drug-likeness (QED) is 0.0868. The van der Waals surface area contributed by atoms with E-state index in [9.17, 15) is 4.79 Å². The lowest BCUT2D eigenvalue weighted by Crippen LogP contribution is -2.14. The maximum atomic E-state index is 13.8. The molecule has 1 fully saturated rings. The predicted octanol–water partition coefficient (Wildman–Crippen LogP) is 7.46. The summed E-state index contributed by atoms with van der Waals surface area (Å²) in [5.74, 6) is 1.03. The number of carbonyl (C=O) groups excluding carboxylic acids is 1. The number of carbonyl (C=O) groups is 1. The minimum absolute atomic E-state index is 0.299. The van der Waals surface area contributed by atoms with Crippen molar-refractivity contribution in [2.45, 2.75) is 58.2 Å². The average molecular weight is 620 g/mol. The third kappa shape index (κ3) is 5.83. The highest BCUT2D eigenvalue weighted by molar-refractivity contribution is 6.05. The summed E-state index contributed by atoms with van der Waals surface area (Å²) in [7, 11) is 1.72. The van der Waals surface area contributed by atoms with E-state index in [0.29, 0.717) is 64.2 Å². The van der Waals surface area contributed by atoms with E-state index in [1.807, 2.05) is 37.3 Å². The Bertz CT molecular complexity index is 1890. The number of nitrogens with zero attached hydrogens (tertiary/aromatic N) is 3. The standard InChI is InChI=1S/C38H41N3O5/c1-3-45-38(42)37-30(16-10-23-46-33-17-8-12-26-11-4-5-13-28(26)33)29-14-9-15-31-34-32(25-44-22-7-6-20-40(37)36(29)31)39-41(21-24-43-2)35(34)27-18-19-27/h4-9,11-15,17,27H,3,10,16,18-25H2,1-2H3/b7-6-. The van der Waals surface area contributed by atoms with E-state index < -0.39 is 0 Å². The first-order valence-electron chi connectivity index (χ1n) is 16.4. The molecule has 0 atom stereocenters. The van der Waals surface area contributed by atoms with E-state index in [-0.39, 0.29) is 5.97 Å². The molecule has 8 heteroatoms. The minimum atomic E-state index is -0.299. The molecule has 3 aromatic carbocycles. The van der Waals surface area contributed by atoms with Crippen LogP contribution in [0.4, 0.5) is 0 Å². The number of ether oxygens (including phenoxy) is 4. The summed E-state index contributed by atoms with van der Waals surface area (Å²) < 4.78 is 27.8. The molecule has 7 rings (SSSR count). The molecule has 0 radical (unpaired) electrons. The fraction of sp³-hybridized carbons (Fsp3) is 0.368. The molecule has 0 unspecified atom stereocenters. The Balaban J connectivity index is 1.33. The fourth-order valence-corrected chi connectivity index (χ4v) is 6.82. The maximum Gasteiger partial charge on any atom is 0.355 e. The zero-order chi connectivity index (χ0) is 31.5. The van der Waals surface area contributed by atoms with Crippen LogP contribution >= 0.6 is 0 Å². The van der Waals surface area contributed by atoms with Crippen LogP contribution in [0.2, 0.25) is 0 Å². The van der Waals surface area contributed by atoms with Gasteiger partial charge in [0, 0.05) is 47.2 Å². The SMILES string of the molecule is CCOC(=O)c1c(CCCOc2cccc3ccccc23)c2cccc3c2n1C/C=C\COCc1nn(CCOC)c(C2CC2)c1-3. The van der Waals surface area contributed by atoms with Gasteiger partial charge in [-0.3, -0.25) is 4.68 Å². The normalized spacial score (nSPS) is 15.4. The lowest BCUT2D eigenvalue weighted by molar-refractivity contribution is 0.0513. The average Bonchev–Trinajstić information content (AvgIpc) is 3.78. The molecule has 1 saturated carbocycles. The number of rotatable bonds is 11. The lowest BCUT2D eigenvalue weighted by Gasteiger charge is -2.13. The molecular weight excluding hydrogens is 578 g/mol. The first-order valence-corrected chi connectivity index (χ1v) is 16.4. The fourth-order valence-electron chi connectivity index (χ4n) is 6.82. The third-order valence-corrected chi connectivity index (χ3v) is 8.95. The van der Waals surface area contributed by atoms with Gasteiger partial charge in [-0.25, -0.2) is 4.79 Å².